The van der Waals surface area contributed by atoms with Gasteiger partial charge in [0.25, 0.3) is 0 Å². The summed E-state index contributed by atoms with van der Waals surface area (Å²) in [7, 11) is 0. The van der Waals surface area contributed by atoms with Gasteiger partial charge in [-0.3, -0.25) is 4.79 Å². The summed E-state index contributed by atoms with van der Waals surface area (Å²) in [5.41, 5.74) is 0. The summed E-state index contributed by atoms with van der Waals surface area (Å²) in [4.78, 5) is 11.5. The first kappa shape index (κ1) is 9.52. The van der Waals surface area contributed by atoms with Gasteiger partial charge in [0.2, 0.25) is 5.91 Å². The Labute approximate surface area is 73.9 Å². The van der Waals surface area contributed by atoms with Crippen LogP contribution >= 0.6 is 0 Å². The van der Waals surface area contributed by atoms with Crippen molar-refractivity contribution in [2.24, 2.45) is 11.8 Å². The molecule has 3 heteroatoms. The Morgan fingerprint density at radius 1 is 1.67 bits per heavy atom. The molecular weight excluding hydrogens is 152 g/mol. The third kappa shape index (κ3) is 2.21. The quantitative estimate of drug-likeness (QED) is 0.628. The molecule has 1 rings (SSSR count). The van der Waals surface area contributed by atoms with Crippen molar-refractivity contribution in [3.8, 4) is 0 Å². The normalized spacial score (nSPS) is 29.8. The molecule has 1 fully saturated rings. The second kappa shape index (κ2) is 4.45. The van der Waals surface area contributed by atoms with Crippen molar-refractivity contribution in [2.75, 3.05) is 19.6 Å². The number of hydrogen-bond donors (Lipinski definition) is 2. The Morgan fingerprint density at radius 2 is 2.42 bits per heavy atom. The van der Waals surface area contributed by atoms with Crippen molar-refractivity contribution >= 4 is 5.91 Å². The molecule has 3 nitrogen and oxygen atoms in total. The van der Waals surface area contributed by atoms with Crippen molar-refractivity contribution in [1.82, 2.24) is 10.6 Å². The zero-order valence-electron chi connectivity index (χ0n) is 7.89. The molecule has 0 aromatic rings. The van der Waals surface area contributed by atoms with E-state index in [1.54, 1.807) is 0 Å². The van der Waals surface area contributed by atoms with E-state index in [2.05, 4.69) is 17.6 Å². The molecule has 12 heavy (non-hydrogen) atoms. The molecule has 0 aromatic heterocycles. The van der Waals surface area contributed by atoms with Crippen LogP contribution in [0, 0.1) is 11.8 Å². The van der Waals surface area contributed by atoms with E-state index >= 15 is 0 Å². The first-order chi connectivity index (χ1) is 5.75. The lowest BCUT2D eigenvalue weighted by molar-refractivity contribution is -0.126. The number of rotatable bonds is 2. The minimum Gasteiger partial charge on any atom is -0.356 e. The largest absolute Gasteiger partial charge is 0.356 e. The minimum absolute atomic E-state index is 0.179. The first-order valence-electron chi connectivity index (χ1n) is 4.74. The highest BCUT2D eigenvalue weighted by Gasteiger charge is 2.26. The molecule has 0 aliphatic carbocycles. The van der Waals surface area contributed by atoms with Crippen LogP contribution in [-0.2, 0) is 4.79 Å². The number of carbonyl (C=O) groups is 1. The van der Waals surface area contributed by atoms with E-state index in [1.165, 1.54) is 0 Å². The SMILES string of the molecule is CCNC(=O)[C@@H]1CNCC[C@@H]1C. The molecule has 0 spiro atoms. The highest BCUT2D eigenvalue weighted by molar-refractivity contribution is 5.79. The zero-order valence-corrected chi connectivity index (χ0v) is 7.89. The monoisotopic (exact) mass is 170 g/mol. The van der Waals surface area contributed by atoms with E-state index in [0.717, 1.165) is 26.1 Å². The van der Waals surface area contributed by atoms with Gasteiger partial charge < -0.3 is 10.6 Å². The zero-order chi connectivity index (χ0) is 8.97. The summed E-state index contributed by atoms with van der Waals surface area (Å²) in [5, 5.41) is 6.11. The van der Waals surface area contributed by atoms with Crippen molar-refractivity contribution in [1.29, 1.82) is 0 Å². The second-order valence-electron chi connectivity index (χ2n) is 3.47. The van der Waals surface area contributed by atoms with Crippen LogP contribution in [0.1, 0.15) is 20.3 Å². The van der Waals surface area contributed by atoms with E-state index in [4.69, 9.17) is 0 Å². The van der Waals surface area contributed by atoms with Gasteiger partial charge in [-0.05, 0) is 25.8 Å². The number of amides is 1. The van der Waals surface area contributed by atoms with Crippen LogP contribution in [0.2, 0.25) is 0 Å². The van der Waals surface area contributed by atoms with Gasteiger partial charge >= 0.3 is 0 Å². The average Bonchev–Trinajstić information content (AvgIpc) is 2.05. The van der Waals surface area contributed by atoms with Crippen LogP contribution < -0.4 is 10.6 Å². The molecule has 1 heterocycles. The number of nitrogens with one attached hydrogen (secondary N) is 2. The molecule has 0 aromatic carbocycles. The van der Waals surface area contributed by atoms with Crippen LogP contribution in [0.3, 0.4) is 0 Å². The molecule has 70 valence electrons. The van der Waals surface area contributed by atoms with Gasteiger partial charge in [0.15, 0.2) is 0 Å². The average molecular weight is 170 g/mol. The van der Waals surface area contributed by atoms with Gasteiger partial charge in [-0.1, -0.05) is 6.92 Å². The Hall–Kier alpha value is -0.570. The Kier molecular flexibility index (Phi) is 3.53. The molecule has 0 saturated carbocycles. The maximum absolute atomic E-state index is 11.5. The van der Waals surface area contributed by atoms with E-state index in [-0.39, 0.29) is 11.8 Å². The van der Waals surface area contributed by atoms with Crippen molar-refractivity contribution in [2.45, 2.75) is 20.3 Å². The van der Waals surface area contributed by atoms with E-state index < -0.39 is 0 Å². The maximum atomic E-state index is 11.5. The summed E-state index contributed by atoms with van der Waals surface area (Å²) >= 11 is 0. The van der Waals surface area contributed by atoms with Gasteiger partial charge in [-0.15, -0.1) is 0 Å². The highest BCUT2D eigenvalue weighted by atomic mass is 16.1. The third-order valence-electron chi connectivity index (χ3n) is 2.52. The number of piperidine rings is 1. The van der Waals surface area contributed by atoms with Crippen LogP contribution in [0.15, 0.2) is 0 Å². The number of carbonyl (C=O) groups excluding carboxylic acids is 1. The summed E-state index contributed by atoms with van der Waals surface area (Å²) < 4.78 is 0. The Balaban J connectivity index is 2.42. The molecule has 0 unspecified atom stereocenters. The lowest BCUT2D eigenvalue weighted by Crippen LogP contribution is -2.44. The van der Waals surface area contributed by atoms with Gasteiger partial charge in [0, 0.05) is 13.1 Å². The van der Waals surface area contributed by atoms with E-state index in [9.17, 15) is 4.79 Å². The van der Waals surface area contributed by atoms with Crippen LogP contribution in [0.25, 0.3) is 0 Å². The summed E-state index contributed by atoms with van der Waals surface area (Å²) in [6, 6.07) is 0. The molecule has 2 atom stereocenters. The summed E-state index contributed by atoms with van der Waals surface area (Å²) in [6.07, 6.45) is 1.11. The molecule has 2 N–H and O–H groups in total. The molecular formula is C9H18N2O. The van der Waals surface area contributed by atoms with Crippen molar-refractivity contribution < 1.29 is 4.79 Å². The summed E-state index contributed by atoms with van der Waals surface area (Å²) in [6.45, 7) is 6.74. The molecule has 1 amide bonds. The maximum Gasteiger partial charge on any atom is 0.224 e. The lowest BCUT2D eigenvalue weighted by atomic mass is 9.87. The first-order valence-corrected chi connectivity index (χ1v) is 4.74. The fourth-order valence-corrected chi connectivity index (χ4v) is 1.65. The van der Waals surface area contributed by atoms with E-state index in [1.807, 2.05) is 6.92 Å². The Bertz CT molecular complexity index is 159. The van der Waals surface area contributed by atoms with Crippen molar-refractivity contribution in [3.05, 3.63) is 0 Å². The Morgan fingerprint density at radius 3 is 3.00 bits per heavy atom. The fraction of sp³-hybridized carbons (Fsp3) is 0.889. The lowest BCUT2D eigenvalue weighted by Gasteiger charge is -2.28. The minimum atomic E-state index is 0.179. The van der Waals surface area contributed by atoms with Gasteiger partial charge in [0.1, 0.15) is 0 Å². The standard InChI is InChI=1S/C9H18N2O/c1-3-11-9(12)8-6-10-5-4-7(8)2/h7-8,10H,3-6H2,1-2H3,(H,11,12)/t7-,8+/m0/s1. The topological polar surface area (TPSA) is 41.1 Å². The van der Waals surface area contributed by atoms with Gasteiger partial charge in [-0.25, -0.2) is 0 Å². The number of hydrogen-bond acceptors (Lipinski definition) is 2. The van der Waals surface area contributed by atoms with Crippen molar-refractivity contribution in [3.63, 3.8) is 0 Å². The smallest absolute Gasteiger partial charge is 0.224 e. The molecule has 1 aliphatic rings. The molecule has 0 radical (unpaired) electrons. The van der Waals surface area contributed by atoms with E-state index in [0.29, 0.717) is 5.92 Å². The van der Waals surface area contributed by atoms with Crippen LogP contribution in [0.4, 0.5) is 0 Å². The highest BCUT2D eigenvalue weighted by Crippen LogP contribution is 2.17. The molecule has 1 aliphatic heterocycles. The third-order valence-corrected chi connectivity index (χ3v) is 2.52. The van der Waals surface area contributed by atoms with Gasteiger partial charge in [-0.2, -0.15) is 0 Å². The fourth-order valence-electron chi connectivity index (χ4n) is 1.65. The van der Waals surface area contributed by atoms with Crippen LogP contribution in [-0.4, -0.2) is 25.5 Å². The predicted molar refractivity (Wildman–Crippen MR) is 48.8 cm³/mol. The predicted octanol–water partition coefficient (Wildman–Crippen LogP) is 0.368. The molecule has 0 bridgehead atoms. The van der Waals surface area contributed by atoms with Gasteiger partial charge in [0.05, 0.1) is 5.92 Å². The molecule has 1 saturated heterocycles. The summed E-state index contributed by atoms with van der Waals surface area (Å²) in [5.74, 6) is 0.911. The van der Waals surface area contributed by atoms with Crippen LogP contribution in [0.5, 0.6) is 0 Å². The second-order valence-corrected chi connectivity index (χ2v) is 3.47.